The Bertz CT molecular complexity index is 363. The molecule has 0 spiro atoms. The van der Waals surface area contributed by atoms with Gasteiger partial charge in [-0.15, -0.1) is 0 Å². The first-order chi connectivity index (χ1) is 7.56. The summed E-state index contributed by atoms with van der Waals surface area (Å²) < 4.78 is 0. The second-order valence-corrected chi connectivity index (χ2v) is 5.09. The Kier molecular flexibility index (Phi) is 3.50. The Balaban J connectivity index is 2.14. The van der Waals surface area contributed by atoms with Crippen LogP contribution in [0.1, 0.15) is 20.3 Å². The van der Waals surface area contributed by atoms with Gasteiger partial charge in [0.1, 0.15) is 0 Å². The number of aromatic nitrogens is 3. The van der Waals surface area contributed by atoms with Crippen molar-refractivity contribution >= 4 is 29.2 Å². The maximum Gasteiger partial charge on any atom is 0.230 e. The molecule has 1 fully saturated rings. The van der Waals surface area contributed by atoms with E-state index in [0.717, 1.165) is 13.1 Å². The number of hydrogen-bond acceptors (Lipinski definition) is 4. The lowest BCUT2D eigenvalue weighted by molar-refractivity contribution is 0.422. The third-order valence-electron chi connectivity index (χ3n) is 3.02. The molecule has 0 saturated carbocycles. The number of hydrogen-bond donors (Lipinski definition) is 0. The topological polar surface area (TPSA) is 41.9 Å². The molecule has 0 aliphatic carbocycles. The molecule has 1 aromatic rings. The van der Waals surface area contributed by atoms with Crippen LogP contribution in [0.2, 0.25) is 10.6 Å². The van der Waals surface area contributed by atoms with Crippen LogP contribution in [0.3, 0.4) is 0 Å². The molecular weight excluding hydrogens is 247 g/mol. The minimum Gasteiger partial charge on any atom is -0.340 e. The maximum atomic E-state index is 5.75. The molecule has 1 atom stereocenters. The minimum atomic E-state index is 0.156. The van der Waals surface area contributed by atoms with Crippen molar-refractivity contribution < 1.29 is 0 Å². The molecule has 6 heteroatoms. The van der Waals surface area contributed by atoms with Gasteiger partial charge in [-0.2, -0.15) is 15.0 Å². The van der Waals surface area contributed by atoms with Gasteiger partial charge in [-0.05, 0) is 41.5 Å². The molecule has 2 rings (SSSR count). The van der Waals surface area contributed by atoms with Gasteiger partial charge in [0.2, 0.25) is 16.5 Å². The van der Waals surface area contributed by atoms with Gasteiger partial charge in [0.25, 0.3) is 0 Å². The number of anilines is 1. The van der Waals surface area contributed by atoms with Gasteiger partial charge in [-0.3, -0.25) is 0 Å². The van der Waals surface area contributed by atoms with Gasteiger partial charge in [0, 0.05) is 13.1 Å². The molecule has 0 bridgehead atoms. The third kappa shape index (κ3) is 2.55. The van der Waals surface area contributed by atoms with Crippen LogP contribution in [-0.2, 0) is 0 Å². The van der Waals surface area contributed by atoms with Crippen LogP contribution in [0.4, 0.5) is 5.95 Å². The second kappa shape index (κ2) is 4.72. The minimum absolute atomic E-state index is 0.156. The molecule has 16 heavy (non-hydrogen) atoms. The highest BCUT2D eigenvalue weighted by molar-refractivity contribution is 6.31. The molecule has 0 amide bonds. The van der Waals surface area contributed by atoms with Gasteiger partial charge < -0.3 is 4.90 Å². The van der Waals surface area contributed by atoms with Crippen molar-refractivity contribution in [3.8, 4) is 0 Å². The summed E-state index contributed by atoms with van der Waals surface area (Å²) in [6.45, 7) is 6.40. The van der Waals surface area contributed by atoms with Crippen LogP contribution in [0.5, 0.6) is 0 Å². The molecule has 1 aromatic heterocycles. The molecule has 0 aromatic carbocycles. The predicted molar refractivity (Wildman–Crippen MR) is 65.0 cm³/mol. The van der Waals surface area contributed by atoms with E-state index in [9.17, 15) is 0 Å². The van der Waals surface area contributed by atoms with Gasteiger partial charge >= 0.3 is 0 Å². The van der Waals surface area contributed by atoms with Crippen LogP contribution in [0.15, 0.2) is 0 Å². The van der Waals surface area contributed by atoms with Gasteiger partial charge in [0.15, 0.2) is 0 Å². The molecule has 1 saturated heterocycles. The second-order valence-electron chi connectivity index (χ2n) is 4.41. The smallest absolute Gasteiger partial charge is 0.230 e. The van der Waals surface area contributed by atoms with E-state index in [1.54, 1.807) is 0 Å². The average molecular weight is 261 g/mol. The maximum absolute atomic E-state index is 5.75. The molecule has 0 radical (unpaired) electrons. The fourth-order valence-corrected chi connectivity index (χ4v) is 2.33. The van der Waals surface area contributed by atoms with E-state index in [-0.39, 0.29) is 10.6 Å². The first kappa shape index (κ1) is 11.9. The molecule has 1 aliphatic rings. The first-order valence-corrected chi connectivity index (χ1v) is 6.14. The highest BCUT2D eigenvalue weighted by atomic mass is 35.5. The fourth-order valence-electron chi connectivity index (χ4n) is 1.97. The van der Waals surface area contributed by atoms with Gasteiger partial charge in [-0.25, -0.2) is 0 Å². The van der Waals surface area contributed by atoms with E-state index in [4.69, 9.17) is 23.2 Å². The predicted octanol–water partition coefficient (Wildman–Crippen LogP) is 2.66. The van der Waals surface area contributed by atoms with Crippen LogP contribution >= 0.6 is 23.2 Å². The highest BCUT2D eigenvalue weighted by Gasteiger charge is 2.26. The summed E-state index contributed by atoms with van der Waals surface area (Å²) in [6.07, 6.45) is 1.17. The van der Waals surface area contributed by atoms with E-state index in [1.807, 2.05) is 0 Å². The van der Waals surface area contributed by atoms with Crippen LogP contribution in [0.25, 0.3) is 0 Å². The molecule has 1 aliphatic heterocycles. The van der Waals surface area contributed by atoms with Crippen molar-refractivity contribution in [1.82, 2.24) is 15.0 Å². The van der Waals surface area contributed by atoms with E-state index in [2.05, 4.69) is 33.7 Å². The first-order valence-electron chi connectivity index (χ1n) is 5.38. The van der Waals surface area contributed by atoms with E-state index in [1.165, 1.54) is 6.42 Å². The Morgan fingerprint density at radius 1 is 1.19 bits per heavy atom. The van der Waals surface area contributed by atoms with Crippen molar-refractivity contribution in [2.45, 2.75) is 20.3 Å². The van der Waals surface area contributed by atoms with Crippen molar-refractivity contribution in [2.75, 3.05) is 18.0 Å². The number of rotatable bonds is 2. The van der Waals surface area contributed by atoms with Crippen LogP contribution < -0.4 is 4.90 Å². The van der Waals surface area contributed by atoms with Crippen LogP contribution in [-0.4, -0.2) is 28.0 Å². The summed E-state index contributed by atoms with van der Waals surface area (Å²) in [7, 11) is 0. The van der Waals surface area contributed by atoms with Crippen molar-refractivity contribution in [3.63, 3.8) is 0 Å². The molecule has 88 valence electrons. The molecule has 4 nitrogen and oxygen atoms in total. The normalized spacial score (nSPS) is 20.8. The average Bonchev–Trinajstić information content (AvgIpc) is 2.64. The summed E-state index contributed by atoms with van der Waals surface area (Å²) in [5.41, 5.74) is 0. The lowest BCUT2D eigenvalue weighted by Crippen LogP contribution is -2.23. The summed E-state index contributed by atoms with van der Waals surface area (Å²) >= 11 is 11.5. The number of halogens is 2. The summed E-state index contributed by atoms with van der Waals surface area (Å²) in [5, 5.41) is 0.311. The lowest BCUT2D eigenvalue weighted by Gasteiger charge is -2.17. The SMILES string of the molecule is CC(C)C1CCN(c2nc(Cl)nc(Cl)n2)C1. The van der Waals surface area contributed by atoms with Gasteiger partial charge in [0.05, 0.1) is 0 Å². The quantitative estimate of drug-likeness (QED) is 0.820. The lowest BCUT2D eigenvalue weighted by atomic mass is 9.95. The Morgan fingerprint density at radius 3 is 2.31 bits per heavy atom. The van der Waals surface area contributed by atoms with E-state index >= 15 is 0 Å². The fraction of sp³-hybridized carbons (Fsp3) is 0.700. The zero-order valence-corrected chi connectivity index (χ0v) is 10.8. The van der Waals surface area contributed by atoms with E-state index in [0.29, 0.717) is 17.8 Å². The summed E-state index contributed by atoms with van der Waals surface area (Å²) in [5.74, 6) is 1.96. The van der Waals surface area contributed by atoms with Crippen molar-refractivity contribution in [3.05, 3.63) is 10.6 Å². The zero-order chi connectivity index (χ0) is 11.7. The standard InChI is InChI=1S/C10H14Cl2N4/c1-6(2)7-3-4-16(5-7)10-14-8(11)13-9(12)15-10/h6-7H,3-5H2,1-2H3. The number of nitrogens with zero attached hydrogens (tertiary/aromatic N) is 4. The largest absolute Gasteiger partial charge is 0.340 e. The van der Waals surface area contributed by atoms with Crippen molar-refractivity contribution in [1.29, 1.82) is 0 Å². The summed E-state index contributed by atoms with van der Waals surface area (Å²) in [4.78, 5) is 14.0. The molecule has 0 N–H and O–H groups in total. The summed E-state index contributed by atoms with van der Waals surface area (Å²) in [6, 6.07) is 0. The van der Waals surface area contributed by atoms with Gasteiger partial charge in [-0.1, -0.05) is 13.8 Å². The van der Waals surface area contributed by atoms with Crippen LogP contribution in [0, 0.1) is 11.8 Å². The molecular formula is C10H14Cl2N4. The Morgan fingerprint density at radius 2 is 1.81 bits per heavy atom. The van der Waals surface area contributed by atoms with Crippen molar-refractivity contribution in [2.24, 2.45) is 11.8 Å². The monoisotopic (exact) mass is 260 g/mol. The Labute approximate surface area is 105 Å². The molecule has 2 heterocycles. The zero-order valence-electron chi connectivity index (χ0n) is 9.32. The Hall–Kier alpha value is -0.610. The molecule has 1 unspecified atom stereocenters. The van der Waals surface area contributed by atoms with E-state index < -0.39 is 0 Å². The third-order valence-corrected chi connectivity index (χ3v) is 3.36. The highest BCUT2D eigenvalue weighted by Crippen LogP contribution is 2.26.